The molecular weight excluding hydrogens is 298 g/mol. The van der Waals surface area contributed by atoms with Gasteiger partial charge in [-0.1, -0.05) is 72.8 Å². The number of hydrogen-bond donors (Lipinski definition) is 2. The van der Waals surface area contributed by atoms with Crippen molar-refractivity contribution in [1.29, 1.82) is 0 Å². The smallest absolute Gasteiger partial charge is 0.307 e. The zero-order valence-electron chi connectivity index (χ0n) is 13.0. The number of carbonyl (C=O) groups is 1. The van der Waals surface area contributed by atoms with Gasteiger partial charge in [0.05, 0.1) is 6.21 Å². The number of carbonyl (C=O) groups excluding carboxylic acids is 1. The molecule has 4 heteroatoms. The second kappa shape index (κ2) is 7.74. The van der Waals surface area contributed by atoms with Gasteiger partial charge in [-0.3, -0.25) is 0 Å². The first-order valence-corrected chi connectivity index (χ1v) is 7.62. The maximum absolute atomic E-state index is 11.7. The van der Waals surface area contributed by atoms with Gasteiger partial charge in [0.25, 0.3) is 0 Å². The monoisotopic (exact) mass is 315 g/mol. The molecule has 0 aliphatic rings. The van der Waals surface area contributed by atoms with Gasteiger partial charge in [0.2, 0.25) is 0 Å². The molecule has 3 rings (SSSR count). The van der Waals surface area contributed by atoms with Crippen molar-refractivity contribution in [2.24, 2.45) is 5.10 Å². The Morgan fingerprint density at radius 3 is 2.00 bits per heavy atom. The summed E-state index contributed by atoms with van der Waals surface area (Å²) in [6, 6.07) is 27.0. The Morgan fingerprint density at radius 2 is 1.33 bits per heavy atom. The van der Waals surface area contributed by atoms with E-state index >= 15 is 0 Å². The lowest BCUT2D eigenvalue weighted by Crippen LogP contribution is -2.24. The van der Waals surface area contributed by atoms with E-state index in [1.807, 2.05) is 72.8 Å². The standard InChI is InChI=1S/C20H17N3O/c24-20(22-19-9-5-2-6-10-19)23-21-15-16-11-13-18(14-12-16)17-7-3-1-4-8-17/h1-15H,(H2,22,23,24)/b21-15-. The van der Waals surface area contributed by atoms with Gasteiger partial charge >= 0.3 is 6.03 Å². The summed E-state index contributed by atoms with van der Waals surface area (Å²) in [6.07, 6.45) is 1.61. The average molecular weight is 315 g/mol. The molecule has 2 amide bonds. The van der Waals surface area contributed by atoms with E-state index in [-0.39, 0.29) is 6.03 Å². The van der Waals surface area contributed by atoms with E-state index in [1.165, 1.54) is 5.56 Å². The molecule has 3 aromatic carbocycles. The van der Waals surface area contributed by atoms with Gasteiger partial charge in [0.1, 0.15) is 0 Å². The molecule has 118 valence electrons. The molecule has 0 radical (unpaired) electrons. The fourth-order valence-electron chi connectivity index (χ4n) is 2.24. The van der Waals surface area contributed by atoms with Crippen molar-refractivity contribution in [2.75, 3.05) is 5.32 Å². The number of para-hydroxylation sites is 1. The molecule has 0 saturated carbocycles. The summed E-state index contributed by atoms with van der Waals surface area (Å²) in [7, 11) is 0. The maximum Gasteiger partial charge on any atom is 0.339 e. The van der Waals surface area contributed by atoms with E-state index in [2.05, 4.69) is 28.0 Å². The number of urea groups is 1. The number of nitrogens with one attached hydrogen (secondary N) is 2. The van der Waals surface area contributed by atoms with Crippen molar-refractivity contribution in [2.45, 2.75) is 0 Å². The minimum atomic E-state index is -0.377. The summed E-state index contributed by atoms with van der Waals surface area (Å²) < 4.78 is 0. The molecule has 24 heavy (non-hydrogen) atoms. The van der Waals surface area contributed by atoms with Crippen LogP contribution in [-0.2, 0) is 0 Å². The topological polar surface area (TPSA) is 53.5 Å². The average Bonchev–Trinajstić information content (AvgIpc) is 2.64. The number of hydrogen-bond acceptors (Lipinski definition) is 2. The van der Waals surface area contributed by atoms with E-state index in [0.29, 0.717) is 0 Å². The summed E-state index contributed by atoms with van der Waals surface area (Å²) >= 11 is 0. The van der Waals surface area contributed by atoms with E-state index in [4.69, 9.17) is 0 Å². The molecule has 0 aromatic heterocycles. The van der Waals surface area contributed by atoms with Crippen LogP contribution >= 0.6 is 0 Å². The number of rotatable bonds is 4. The van der Waals surface area contributed by atoms with Crippen molar-refractivity contribution in [1.82, 2.24) is 5.43 Å². The number of amides is 2. The number of hydrazone groups is 1. The fraction of sp³-hybridized carbons (Fsp3) is 0. The van der Waals surface area contributed by atoms with Gasteiger partial charge in [-0.25, -0.2) is 10.2 Å². The Hall–Kier alpha value is -3.40. The van der Waals surface area contributed by atoms with Gasteiger partial charge in [-0.15, -0.1) is 0 Å². The van der Waals surface area contributed by atoms with E-state index in [1.54, 1.807) is 6.21 Å². The van der Waals surface area contributed by atoms with E-state index in [0.717, 1.165) is 16.8 Å². The van der Waals surface area contributed by atoms with Crippen molar-refractivity contribution >= 4 is 17.9 Å². The highest BCUT2D eigenvalue weighted by Gasteiger charge is 1.99. The Bertz CT molecular complexity index is 813. The Balaban J connectivity index is 1.56. The summed E-state index contributed by atoms with van der Waals surface area (Å²) in [5, 5.41) is 6.65. The predicted molar refractivity (Wildman–Crippen MR) is 98.1 cm³/mol. The minimum Gasteiger partial charge on any atom is -0.307 e. The summed E-state index contributed by atoms with van der Waals surface area (Å²) in [4.78, 5) is 11.7. The normalized spacial score (nSPS) is 10.5. The molecule has 0 saturated heterocycles. The van der Waals surface area contributed by atoms with Crippen LogP contribution in [0.4, 0.5) is 10.5 Å². The third-order valence-electron chi connectivity index (χ3n) is 3.43. The van der Waals surface area contributed by atoms with Crippen LogP contribution in [-0.4, -0.2) is 12.2 Å². The summed E-state index contributed by atoms with van der Waals surface area (Å²) in [6.45, 7) is 0. The third-order valence-corrected chi connectivity index (χ3v) is 3.43. The Kier molecular flexibility index (Phi) is 5.00. The van der Waals surface area contributed by atoms with Crippen LogP contribution in [0.5, 0.6) is 0 Å². The second-order valence-electron chi connectivity index (χ2n) is 5.18. The SMILES string of the molecule is O=C(N/N=C\c1ccc(-c2ccccc2)cc1)Nc1ccccc1. The van der Waals surface area contributed by atoms with Crippen LogP contribution in [0.3, 0.4) is 0 Å². The molecule has 3 aromatic rings. The Morgan fingerprint density at radius 1 is 0.750 bits per heavy atom. The zero-order chi connectivity index (χ0) is 16.6. The number of anilines is 1. The van der Waals surface area contributed by atoms with Gasteiger partial charge < -0.3 is 5.32 Å². The van der Waals surface area contributed by atoms with Gasteiger partial charge in [0.15, 0.2) is 0 Å². The lowest BCUT2D eigenvalue weighted by molar-refractivity contribution is 0.252. The maximum atomic E-state index is 11.7. The second-order valence-corrected chi connectivity index (χ2v) is 5.18. The zero-order valence-corrected chi connectivity index (χ0v) is 13.0. The van der Waals surface area contributed by atoms with Crippen LogP contribution in [0.2, 0.25) is 0 Å². The lowest BCUT2D eigenvalue weighted by Gasteiger charge is -2.03. The van der Waals surface area contributed by atoms with Gasteiger partial charge in [0, 0.05) is 5.69 Å². The quantitative estimate of drug-likeness (QED) is 0.540. The van der Waals surface area contributed by atoms with Crippen molar-refractivity contribution in [3.05, 3.63) is 90.5 Å². The largest absolute Gasteiger partial charge is 0.339 e. The molecule has 0 spiro atoms. The molecule has 0 bridgehead atoms. The molecule has 2 N–H and O–H groups in total. The van der Waals surface area contributed by atoms with E-state index < -0.39 is 0 Å². The summed E-state index contributed by atoms with van der Waals surface area (Å²) in [5.41, 5.74) is 6.39. The fourth-order valence-corrected chi connectivity index (χ4v) is 2.24. The van der Waals surface area contributed by atoms with Gasteiger partial charge in [-0.05, 0) is 28.8 Å². The van der Waals surface area contributed by atoms with Gasteiger partial charge in [-0.2, -0.15) is 5.10 Å². The first-order chi connectivity index (χ1) is 11.8. The lowest BCUT2D eigenvalue weighted by atomic mass is 10.0. The highest BCUT2D eigenvalue weighted by Crippen LogP contribution is 2.18. The van der Waals surface area contributed by atoms with Crippen molar-refractivity contribution < 1.29 is 4.79 Å². The molecule has 0 heterocycles. The molecule has 0 aliphatic heterocycles. The van der Waals surface area contributed by atoms with Crippen LogP contribution in [0.25, 0.3) is 11.1 Å². The predicted octanol–water partition coefficient (Wildman–Crippen LogP) is 4.51. The third kappa shape index (κ3) is 4.30. The van der Waals surface area contributed by atoms with Crippen molar-refractivity contribution in [3.63, 3.8) is 0 Å². The molecule has 0 atom stereocenters. The summed E-state index contributed by atoms with van der Waals surface area (Å²) in [5.74, 6) is 0. The van der Waals surface area contributed by atoms with Crippen LogP contribution in [0.15, 0.2) is 90.0 Å². The van der Waals surface area contributed by atoms with E-state index in [9.17, 15) is 4.79 Å². The molecule has 4 nitrogen and oxygen atoms in total. The highest BCUT2D eigenvalue weighted by molar-refractivity contribution is 5.90. The van der Waals surface area contributed by atoms with Crippen LogP contribution in [0.1, 0.15) is 5.56 Å². The molecular formula is C20H17N3O. The first kappa shape index (κ1) is 15.5. The highest BCUT2D eigenvalue weighted by atomic mass is 16.2. The van der Waals surface area contributed by atoms with Crippen LogP contribution in [0, 0.1) is 0 Å². The minimum absolute atomic E-state index is 0.377. The van der Waals surface area contributed by atoms with Crippen molar-refractivity contribution in [3.8, 4) is 11.1 Å². The van der Waals surface area contributed by atoms with Crippen LogP contribution < -0.4 is 10.7 Å². The molecule has 0 unspecified atom stereocenters. The first-order valence-electron chi connectivity index (χ1n) is 7.62. The molecule has 0 fully saturated rings. The number of nitrogens with zero attached hydrogens (tertiary/aromatic N) is 1. The Labute approximate surface area is 140 Å². The number of benzene rings is 3. The molecule has 0 aliphatic carbocycles.